The number of hydrogen-bond acceptors (Lipinski definition) is 6. The number of ether oxygens (including phenoxy) is 1. The van der Waals surface area contributed by atoms with Crippen molar-refractivity contribution in [1.82, 2.24) is 5.01 Å². The van der Waals surface area contributed by atoms with E-state index in [0.717, 1.165) is 17.0 Å². The Morgan fingerprint density at radius 1 is 1.17 bits per heavy atom. The molecule has 1 fully saturated rings. The number of imide groups is 1. The highest BCUT2D eigenvalue weighted by Gasteiger charge is 2.59. The van der Waals surface area contributed by atoms with Crippen molar-refractivity contribution in [3.05, 3.63) is 29.3 Å². The van der Waals surface area contributed by atoms with Crippen LogP contribution in [0.15, 0.2) is 29.4 Å². The molecule has 2 atom stereocenters. The van der Waals surface area contributed by atoms with E-state index in [1.54, 1.807) is 0 Å². The number of carbonyl (C=O) groups is 4. The minimum absolute atomic E-state index is 0.257. The first-order valence-electron chi connectivity index (χ1n) is 6.96. The smallest absolute Gasteiger partial charge is 0.355 e. The second kappa shape index (κ2) is 5.72. The second-order valence-corrected chi connectivity index (χ2v) is 5.69. The van der Waals surface area contributed by atoms with Crippen LogP contribution in [0.5, 0.6) is 0 Å². The Kier molecular flexibility index (Phi) is 3.84. The highest BCUT2D eigenvalue weighted by Crippen LogP contribution is 2.35. The number of benzene rings is 1. The third kappa shape index (κ3) is 2.26. The number of halogens is 1. The van der Waals surface area contributed by atoms with Crippen LogP contribution in [-0.4, -0.2) is 47.6 Å². The van der Waals surface area contributed by atoms with Gasteiger partial charge in [-0.05, 0) is 24.3 Å². The zero-order valence-electron chi connectivity index (χ0n) is 12.7. The van der Waals surface area contributed by atoms with Gasteiger partial charge in [0.05, 0.1) is 12.8 Å². The summed E-state index contributed by atoms with van der Waals surface area (Å²) in [4.78, 5) is 50.0. The SMILES string of the molecule is COC(=O)C1=NN(C(C)=O)[C@H]2C(=O)N(c3ccc(Cl)cc3)C(=O)[C@H]12. The number of amides is 3. The quantitative estimate of drug-likeness (QED) is 0.575. The van der Waals surface area contributed by atoms with Crippen LogP contribution >= 0.6 is 11.6 Å². The van der Waals surface area contributed by atoms with Gasteiger partial charge in [0.2, 0.25) is 11.8 Å². The topological polar surface area (TPSA) is 96.3 Å². The van der Waals surface area contributed by atoms with Crippen molar-refractivity contribution in [2.75, 3.05) is 12.0 Å². The first-order valence-corrected chi connectivity index (χ1v) is 7.34. The van der Waals surface area contributed by atoms with Crippen molar-refractivity contribution in [2.45, 2.75) is 13.0 Å². The van der Waals surface area contributed by atoms with Crippen LogP contribution < -0.4 is 4.90 Å². The highest BCUT2D eigenvalue weighted by atomic mass is 35.5. The predicted octanol–water partition coefficient (Wildman–Crippen LogP) is 0.589. The molecule has 0 radical (unpaired) electrons. The Morgan fingerprint density at radius 2 is 1.79 bits per heavy atom. The molecule has 0 aromatic heterocycles. The molecule has 0 spiro atoms. The third-order valence-corrected chi connectivity index (χ3v) is 4.10. The number of esters is 1. The van der Waals surface area contributed by atoms with Crippen molar-refractivity contribution in [3.8, 4) is 0 Å². The van der Waals surface area contributed by atoms with Crippen molar-refractivity contribution >= 4 is 46.7 Å². The summed E-state index contributed by atoms with van der Waals surface area (Å²) in [5.74, 6) is -3.86. The molecule has 1 saturated heterocycles. The number of nitrogens with zero attached hydrogens (tertiary/aromatic N) is 3. The number of methoxy groups -OCH3 is 1. The zero-order valence-corrected chi connectivity index (χ0v) is 13.5. The van der Waals surface area contributed by atoms with Crippen LogP contribution in [0.4, 0.5) is 5.69 Å². The Morgan fingerprint density at radius 3 is 2.33 bits per heavy atom. The van der Waals surface area contributed by atoms with Crippen LogP contribution in [-0.2, 0) is 23.9 Å². The van der Waals surface area contributed by atoms with Crippen LogP contribution in [0.3, 0.4) is 0 Å². The van der Waals surface area contributed by atoms with Gasteiger partial charge in [0, 0.05) is 11.9 Å². The number of fused-ring (bicyclic) bond motifs is 1. The molecule has 2 aliphatic rings. The number of anilines is 1. The lowest BCUT2D eigenvalue weighted by Crippen LogP contribution is -2.41. The molecular formula is C15H12ClN3O5. The van der Waals surface area contributed by atoms with Gasteiger partial charge in [-0.15, -0.1) is 0 Å². The maximum atomic E-state index is 12.7. The van der Waals surface area contributed by atoms with Crippen LogP contribution in [0.1, 0.15) is 6.92 Å². The van der Waals surface area contributed by atoms with Crippen LogP contribution in [0, 0.1) is 5.92 Å². The molecule has 2 heterocycles. The first-order chi connectivity index (χ1) is 11.4. The fourth-order valence-electron chi connectivity index (χ4n) is 2.79. The molecule has 9 heteroatoms. The molecule has 1 aromatic carbocycles. The van der Waals surface area contributed by atoms with E-state index in [1.165, 1.54) is 31.2 Å². The number of carbonyl (C=O) groups excluding carboxylic acids is 4. The van der Waals surface area contributed by atoms with Gasteiger partial charge in [0.25, 0.3) is 5.91 Å². The monoisotopic (exact) mass is 349 g/mol. The molecule has 3 rings (SSSR count). The highest BCUT2D eigenvalue weighted by molar-refractivity contribution is 6.47. The van der Waals surface area contributed by atoms with Crippen LogP contribution in [0.2, 0.25) is 5.02 Å². The summed E-state index contributed by atoms with van der Waals surface area (Å²) in [6.07, 6.45) is 0. The van der Waals surface area contributed by atoms with Crippen molar-refractivity contribution in [2.24, 2.45) is 11.0 Å². The maximum absolute atomic E-state index is 12.7. The molecule has 0 aliphatic carbocycles. The van der Waals surface area contributed by atoms with Gasteiger partial charge in [-0.2, -0.15) is 5.10 Å². The zero-order chi connectivity index (χ0) is 17.6. The summed E-state index contributed by atoms with van der Waals surface area (Å²) >= 11 is 5.81. The van der Waals surface area contributed by atoms with Gasteiger partial charge >= 0.3 is 5.97 Å². The van der Waals surface area contributed by atoms with Gasteiger partial charge in [-0.1, -0.05) is 11.6 Å². The summed E-state index contributed by atoms with van der Waals surface area (Å²) in [6, 6.07) is 4.89. The molecular weight excluding hydrogens is 338 g/mol. The lowest BCUT2D eigenvalue weighted by molar-refractivity contribution is -0.136. The lowest BCUT2D eigenvalue weighted by atomic mass is 9.98. The molecule has 0 bridgehead atoms. The van der Waals surface area contributed by atoms with E-state index < -0.39 is 35.7 Å². The molecule has 24 heavy (non-hydrogen) atoms. The van der Waals surface area contributed by atoms with E-state index in [2.05, 4.69) is 9.84 Å². The first kappa shape index (κ1) is 16.1. The van der Waals surface area contributed by atoms with E-state index in [1.807, 2.05) is 0 Å². The molecule has 124 valence electrons. The molecule has 0 N–H and O–H groups in total. The van der Waals surface area contributed by atoms with E-state index in [0.29, 0.717) is 10.7 Å². The van der Waals surface area contributed by atoms with E-state index in [9.17, 15) is 19.2 Å². The van der Waals surface area contributed by atoms with Gasteiger partial charge in [-0.3, -0.25) is 14.4 Å². The Hall–Kier alpha value is -2.74. The molecule has 8 nitrogen and oxygen atoms in total. The molecule has 1 aromatic rings. The molecule has 0 saturated carbocycles. The number of rotatable bonds is 2. The van der Waals surface area contributed by atoms with Crippen molar-refractivity contribution in [3.63, 3.8) is 0 Å². The number of hydrazone groups is 1. The third-order valence-electron chi connectivity index (χ3n) is 3.85. The molecule has 2 aliphatic heterocycles. The van der Waals surface area contributed by atoms with Crippen molar-refractivity contribution in [1.29, 1.82) is 0 Å². The van der Waals surface area contributed by atoms with Crippen molar-refractivity contribution < 1.29 is 23.9 Å². The Bertz CT molecular complexity index is 789. The van der Waals surface area contributed by atoms with E-state index in [-0.39, 0.29) is 5.71 Å². The minimum Gasteiger partial charge on any atom is -0.464 e. The van der Waals surface area contributed by atoms with Gasteiger partial charge in [0.1, 0.15) is 5.92 Å². The summed E-state index contributed by atoms with van der Waals surface area (Å²) in [6.45, 7) is 1.20. The standard InChI is InChI=1S/C15H12ClN3O5/c1-7(20)19-12-10(11(17-19)15(23)24-2)13(21)18(14(12)22)9-5-3-8(16)4-6-9/h3-6,10,12H,1-2H3/t10-,12-/m1/s1. The largest absolute Gasteiger partial charge is 0.464 e. The summed E-state index contributed by atoms with van der Waals surface area (Å²) in [7, 11) is 1.13. The fourth-order valence-corrected chi connectivity index (χ4v) is 2.92. The van der Waals surface area contributed by atoms with E-state index in [4.69, 9.17) is 11.6 Å². The average Bonchev–Trinajstić information content (AvgIpc) is 3.06. The van der Waals surface area contributed by atoms with Gasteiger partial charge < -0.3 is 4.74 Å². The summed E-state index contributed by atoms with van der Waals surface area (Å²) in [5, 5.41) is 5.12. The summed E-state index contributed by atoms with van der Waals surface area (Å²) < 4.78 is 4.60. The lowest BCUT2D eigenvalue weighted by Gasteiger charge is -2.19. The maximum Gasteiger partial charge on any atom is 0.355 e. The van der Waals surface area contributed by atoms with Gasteiger partial charge in [-0.25, -0.2) is 14.7 Å². The summed E-state index contributed by atoms with van der Waals surface area (Å²) in [5.41, 5.74) is 0.0454. The second-order valence-electron chi connectivity index (χ2n) is 5.25. The average molecular weight is 350 g/mol. The predicted molar refractivity (Wildman–Crippen MR) is 83.2 cm³/mol. The molecule has 0 unspecified atom stereocenters. The minimum atomic E-state index is -1.18. The fraction of sp³-hybridized carbons (Fsp3) is 0.267. The van der Waals surface area contributed by atoms with E-state index >= 15 is 0 Å². The number of hydrogen-bond donors (Lipinski definition) is 0. The Balaban J connectivity index is 2.05. The van der Waals surface area contributed by atoms with Gasteiger partial charge in [0.15, 0.2) is 11.8 Å². The van der Waals surface area contributed by atoms with Crippen LogP contribution in [0.25, 0.3) is 0 Å². The molecule has 3 amide bonds. The Labute approximate surface area is 141 Å². The normalized spacial score (nSPS) is 22.5.